The fourth-order valence-corrected chi connectivity index (χ4v) is 4.94. The number of methoxy groups -OCH3 is 1. The number of nitrogens with two attached hydrogens (primary N) is 1. The molecule has 0 aliphatic heterocycles. The lowest BCUT2D eigenvalue weighted by Crippen LogP contribution is -2.33. The molecule has 10 nitrogen and oxygen atoms in total. The monoisotopic (exact) mass is 492 g/mol. The Hall–Kier alpha value is -2.99. The molecule has 0 aromatic heterocycles. The number of benzene rings is 2. The number of amides is 2. The highest BCUT2D eigenvalue weighted by atomic mass is 32.2. The smallest absolute Gasteiger partial charge is 0.265 e. The number of aryl methyl sites for hydroxylation is 2. The molecule has 34 heavy (non-hydrogen) atoms. The lowest BCUT2D eigenvalue weighted by Gasteiger charge is -2.21. The molecular weight excluding hydrogens is 460 g/mol. The van der Waals surface area contributed by atoms with Gasteiger partial charge in [-0.15, -0.1) is 0 Å². The van der Waals surface area contributed by atoms with Gasteiger partial charge in [0.05, 0.1) is 18.6 Å². The zero-order chi connectivity index (χ0) is 25.5. The molecule has 2 aromatic carbocycles. The molecule has 0 unspecified atom stereocenters. The first-order valence-corrected chi connectivity index (χ1v) is 12.0. The van der Waals surface area contributed by atoms with E-state index in [1.807, 2.05) is 0 Å². The van der Waals surface area contributed by atoms with Crippen LogP contribution in [0.15, 0.2) is 41.3 Å². The largest absolute Gasteiger partial charge is 0.497 e. The summed E-state index contributed by atoms with van der Waals surface area (Å²) in [5, 5.41) is 0. The predicted octanol–water partition coefficient (Wildman–Crippen LogP) is 1.21. The minimum Gasteiger partial charge on any atom is -0.497 e. The number of rotatable bonds is 11. The fourth-order valence-electron chi connectivity index (χ4n) is 3.38. The molecule has 186 valence electrons. The number of hydrazine groups is 1. The second-order valence-electron chi connectivity index (χ2n) is 7.89. The van der Waals surface area contributed by atoms with Gasteiger partial charge in [-0.25, -0.2) is 14.3 Å². The number of ether oxygens (including phenoxy) is 2. The molecule has 0 atom stereocenters. The molecule has 2 rings (SSSR count). The molecule has 0 aliphatic rings. The fraction of sp³-hybridized carbons (Fsp3) is 0.391. The van der Waals surface area contributed by atoms with E-state index >= 15 is 0 Å². The van der Waals surface area contributed by atoms with Crippen molar-refractivity contribution in [3.8, 4) is 5.75 Å². The third-order valence-electron chi connectivity index (χ3n) is 5.31. The minimum absolute atomic E-state index is 0.0620. The maximum atomic E-state index is 13.0. The molecule has 0 radical (unpaired) electrons. The number of carbonyl (C=O) groups is 2. The standard InChI is InChI=1S/C23H32N4O6S/c1-16-12-20(32-5)13-17(2)22(16)34(30,31)27(4)10-11-33-15-21(28)26(3)14-18-6-8-19(9-7-18)23(29)25-24/h6-9,12-13H,10-11,14-15,24H2,1-5H3,(H,25,29). The van der Waals surface area contributed by atoms with Crippen LogP contribution in [0.5, 0.6) is 5.75 Å². The van der Waals surface area contributed by atoms with Crippen LogP contribution in [0.2, 0.25) is 0 Å². The van der Waals surface area contributed by atoms with Crippen LogP contribution >= 0.6 is 0 Å². The molecule has 0 fully saturated rings. The zero-order valence-corrected chi connectivity index (χ0v) is 20.9. The molecule has 2 aromatic rings. The number of nitrogens with one attached hydrogen (secondary N) is 1. The van der Waals surface area contributed by atoms with Crippen LogP contribution in [0.25, 0.3) is 0 Å². The molecule has 0 saturated heterocycles. The maximum Gasteiger partial charge on any atom is 0.265 e. The van der Waals surface area contributed by atoms with Crippen molar-refractivity contribution in [2.75, 3.05) is 41.0 Å². The Bertz CT molecular complexity index is 1100. The van der Waals surface area contributed by atoms with E-state index < -0.39 is 15.9 Å². The van der Waals surface area contributed by atoms with Crippen molar-refractivity contribution in [2.24, 2.45) is 5.84 Å². The second-order valence-corrected chi connectivity index (χ2v) is 9.87. The number of sulfonamides is 1. The van der Waals surface area contributed by atoms with Gasteiger partial charge in [0.1, 0.15) is 12.4 Å². The summed E-state index contributed by atoms with van der Waals surface area (Å²) < 4.78 is 37.9. The summed E-state index contributed by atoms with van der Waals surface area (Å²) in [6.45, 7) is 3.75. The summed E-state index contributed by atoms with van der Waals surface area (Å²) >= 11 is 0. The Labute approximate surface area is 200 Å². The van der Waals surface area contributed by atoms with Crippen molar-refractivity contribution in [1.29, 1.82) is 0 Å². The number of carbonyl (C=O) groups excluding carboxylic acids is 2. The summed E-state index contributed by atoms with van der Waals surface area (Å²) in [6, 6.07) is 10.1. The normalized spacial score (nSPS) is 11.4. The second kappa shape index (κ2) is 11.9. The predicted molar refractivity (Wildman–Crippen MR) is 128 cm³/mol. The molecular formula is C23H32N4O6S. The van der Waals surface area contributed by atoms with Gasteiger partial charge in [-0.3, -0.25) is 15.0 Å². The summed E-state index contributed by atoms with van der Waals surface area (Å²) in [5.74, 6) is 5.06. The van der Waals surface area contributed by atoms with E-state index in [9.17, 15) is 18.0 Å². The van der Waals surface area contributed by atoms with E-state index in [0.29, 0.717) is 29.0 Å². The van der Waals surface area contributed by atoms with Gasteiger partial charge >= 0.3 is 0 Å². The van der Waals surface area contributed by atoms with Gasteiger partial charge in [0.15, 0.2) is 0 Å². The van der Waals surface area contributed by atoms with Crippen LogP contribution in [0.4, 0.5) is 0 Å². The summed E-state index contributed by atoms with van der Waals surface area (Å²) in [6.07, 6.45) is 0. The third kappa shape index (κ3) is 6.76. The summed E-state index contributed by atoms with van der Waals surface area (Å²) in [5.41, 5.74) is 4.50. The number of hydrogen-bond acceptors (Lipinski definition) is 7. The van der Waals surface area contributed by atoms with Crippen molar-refractivity contribution in [3.05, 3.63) is 58.7 Å². The van der Waals surface area contributed by atoms with E-state index in [1.165, 1.54) is 23.4 Å². The van der Waals surface area contributed by atoms with Crippen LogP contribution in [0.3, 0.4) is 0 Å². The summed E-state index contributed by atoms with van der Waals surface area (Å²) in [7, 11) is 0.916. The van der Waals surface area contributed by atoms with Gasteiger partial charge in [-0.05, 0) is 54.8 Å². The van der Waals surface area contributed by atoms with Crippen LogP contribution in [-0.4, -0.2) is 70.4 Å². The van der Waals surface area contributed by atoms with Crippen molar-refractivity contribution < 1.29 is 27.5 Å². The van der Waals surface area contributed by atoms with Gasteiger partial charge in [0.2, 0.25) is 15.9 Å². The van der Waals surface area contributed by atoms with Crippen molar-refractivity contribution in [3.63, 3.8) is 0 Å². The Morgan fingerprint density at radius 3 is 2.18 bits per heavy atom. The highest BCUT2D eigenvalue weighted by molar-refractivity contribution is 7.89. The van der Waals surface area contributed by atoms with Crippen molar-refractivity contribution in [2.45, 2.75) is 25.3 Å². The van der Waals surface area contributed by atoms with Crippen molar-refractivity contribution >= 4 is 21.8 Å². The highest BCUT2D eigenvalue weighted by Crippen LogP contribution is 2.27. The Morgan fingerprint density at radius 2 is 1.65 bits per heavy atom. The van der Waals surface area contributed by atoms with Gasteiger partial charge in [-0.2, -0.15) is 4.31 Å². The van der Waals surface area contributed by atoms with Gasteiger partial charge < -0.3 is 14.4 Å². The number of nitrogens with zero attached hydrogens (tertiary/aromatic N) is 2. The molecule has 0 spiro atoms. The first-order chi connectivity index (χ1) is 16.0. The lowest BCUT2D eigenvalue weighted by atomic mass is 10.1. The molecule has 0 saturated carbocycles. The van der Waals surface area contributed by atoms with E-state index in [1.54, 1.807) is 57.3 Å². The first-order valence-electron chi connectivity index (χ1n) is 10.5. The van der Waals surface area contributed by atoms with E-state index in [2.05, 4.69) is 5.43 Å². The summed E-state index contributed by atoms with van der Waals surface area (Å²) in [4.78, 5) is 25.6. The third-order valence-corrected chi connectivity index (χ3v) is 7.47. The number of hydrogen-bond donors (Lipinski definition) is 2. The minimum atomic E-state index is -3.73. The average Bonchev–Trinajstić information content (AvgIpc) is 2.80. The van der Waals surface area contributed by atoms with Crippen LogP contribution in [-0.2, 0) is 26.1 Å². The van der Waals surface area contributed by atoms with Crippen LogP contribution in [0.1, 0.15) is 27.0 Å². The van der Waals surface area contributed by atoms with E-state index in [-0.39, 0.29) is 30.6 Å². The molecule has 11 heteroatoms. The molecule has 3 N–H and O–H groups in total. The number of nitrogen functional groups attached to an aromatic ring is 1. The molecule has 0 aliphatic carbocycles. The van der Waals surface area contributed by atoms with E-state index in [0.717, 1.165) is 5.56 Å². The van der Waals surface area contributed by atoms with Crippen LogP contribution in [0, 0.1) is 13.8 Å². The Morgan fingerprint density at radius 1 is 1.06 bits per heavy atom. The maximum absolute atomic E-state index is 13.0. The van der Waals surface area contributed by atoms with Crippen LogP contribution < -0.4 is 16.0 Å². The van der Waals surface area contributed by atoms with E-state index in [4.69, 9.17) is 15.3 Å². The number of likely N-dealkylation sites (N-methyl/N-ethyl adjacent to an activating group) is 2. The van der Waals surface area contributed by atoms with Crippen molar-refractivity contribution in [1.82, 2.24) is 14.6 Å². The lowest BCUT2D eigenvalue weighted by molar-refractivity contribution is -0.135. The molecule has 2 amide bonds. The Balaban J connectivity index is 1.86. The highest BCUT2D eigenvalue weighted by Gasteiger charge is 2.25. The SMILES string of the molecule is COc1cc(C)c(S(=O)(=O)N(C)CCOCC(=O)N(C)Cc2ccc(C(=O)NN)cc2)c(C)c1. The zero-order valence-electron chi connectivity index (χ0n) is 20.1. The quantitative estimate of drug-likeness (QED) is 0.209. The Kier molecular flexibility index (Phi) is 9.56. The van der Waals surface area contributed by atoms with Gasteiger partial charge in [0, 0.05) is 32.7 Å². The van der Waals surface area contributed by atoms with Gasteiger partial charge in [0.25, 0.3) is 5.91 Å². The van der Waals surface area contributed by atoms with Gasteiger partial charge in [-0.1, -0.05) is 12.1 Å². The first kappa shape index (κ1) is 27.3. The average molecular weight is 493 g/mol. The molecule has 0 heterocycles. The topological polar surface area (TPSA) is 131 Å². The molecule has 0 bridgehead atoms.